The van der Waals surface area contributed by atoms with Crippen molar-refractivity contribution in [3.8, 4) is 5.75 Å². The van der Waals surface area contributed by atoms with E-state index in [0.717, 1.165) is 15.8 Å². The van der Waals surface area contributed by atoms with E-state index in [1.54, 1.807) is 0 Å². The van der Waals surface area contributed by atoms with Crippen molar-refractivity contribution in [1.29, 1.82) is 0 Å². The molecule has 0 saturated carbocycles. The number of ether oxygens (including phenoxy) is 1. The highest BCUT2D eigenvalue weighted by Crippen LogP contribution is 2.31. The van der Waals surface area contributed by atoms with Crippen LogP contribution in [0.2, 0.25) is 0 Å². The minimum Gasteiger partial charge on any atom is -0.490 e. The van der Waals surface area contributed by atoms with Crippen molar-refractivity contribution in [1.82, 2.24) is 0 Å². The molecule has 0 unspecified atom stereocenters. The number of hydrogen-bond donors (Lipinski definition) is 1. The van der Waals surface area contributed by atoms with Crippen LogP contribution in [0.4, 0.5) is 0 Å². The van der Waals surface area contributed by atoms with Crippen LogP contribution in [0.25, 0.3) is 0 Å². The van der Waals surface area contributed by atoms with E-state index in [1.165, 1.54) is 0 Å². The second kappa shape index (κ2) is 5.19. The van der Waals surface area contributed by atoms with Crippen molar-refractivity contribution in [2.75, 3.05) is 6.61 Å². The Hall–Kier alpha value is -0.540. The zero-order valence-electron chi connectivity index (χ0n) is 10.2. The smallest absolute Gasteiger partial charge is 0.133 e. The van der Waals surface area contributed by atoms with Gasteiger partial charge in [-0.25, -0.2) is 0 Å². The zero-order chi connectivity index (χ0) is 12.3. The van der Waals surface area contributed by atoms with Gasteiger partial charge in [0.2, 0.25) is 0 Å². The summed E-state index contributed by atoms with van der Waals surface area (Å²) < 4.78 is 6.57. The Balaban J connectivity index is 2.99. The Labute approximate surface area is 106 Å². The molecule has 0 bridgehead atoms. The van der Waals surface area contributed by atoms with Gasteiger partial charge in [0.05, 0.1) is 17.2 Å². The molecule has 2 nitrogen and oxygen atoms in total. The van der Waals surface area contributed by atoms with Crippen molar-refractivity contribution in [3.05, 3.63) is 28.2 Å². The molecule has 1 rings (SSSR count). The Morgan fingerprint density at radius 2 is 2.00 bits per heavy atom. The van der Waals surface area contributed by atoms with E-state index >= 15 is 0 Å². The topological polar surface area (TPSA) is 29.5 Å². The molecular weight excluding hydrogens is 268 g/mol. The first-order chi connectivity index (χ1) is 7.36. The van der Waals surface area contributed by atoms with Gasteiger partial charge in [0.15, 0.2) is 0 Å². The van der Waals surface area contributed by atoms with Crippen molar-refractivity contribution < 1.29 is 9.84 Å². The van der Waals surface area contributed by atoms with Gasteiger partial charge in [0.25, 0.3) is 0 Å². The summed E-state index contributed by atoms with van der Waals surface area (Å²) in [6.07, 6.45) is 0.160. The monoisotopic (exact) mass is 286 g/mol. The molecule has 16 heavy (non-hydrogen) atoms. The summed E-state index contributed by atoms with van der Waals surface area (Å²) in [4.78, 5) is 0. The maximum absolute atomic E-state index is 9.31. The molecular formula is C13H19BrO2. The highest BCUT2D eigenvalue weighted by molar-refractivity contribution is 9.10. The molecule has 3 heteroatoms. The Morgan fingerprint density at radius 1 is 1.38 bits per heavy atom. The number of hydrogen-bond acceptors (Lipinski definition) is 2. The number of benzene rings is 1. The zero-order valence-corrected chi connectivity index (χ0v) is 11.8. The highest BCUT2D eigenvalue weighted by atomic mass is 79.9. The fraction of sp³-hybridized carbons (Fsp3) is 0.538. The molecule has 0 aromatic heterocycles. The summed E-state index contributed by atoms with van der Waals surface area (Å²) in [5.74, 6) is 0.840. The van der Waals surface area contributed by atoms with Crippen LogP contribution >= 0.6 is 15.9 Å². The van der Waals surface area contributed by atoms with Gasteiger partial charge in [-0.05, 0) is 47.5 Å². The van der Waals surface area contributed by atoms with E-state index < -0.39 is 0 Å². The summed E-state index contributed by atoms with van der Waals surface area (Å²) in [5.41, 5.74) is 0.872. The van der Waals surface area contributed by atoms with Crippen LogP contribution in [0.5, 0.6) is 5.75 Å². The fourth-order valence-corrected chi connectivity index (χ4v) is 1.83. The quantitative estimate of drug-likeness (QED) is 0.918. The highest BCUT2D eigenvalue weighted by Gasteiger charge is 2.20. The molecule has 0 amide bonds. The number of halogens is 1. The molecule has 1 N–H and O–H groups in total. The van der Waals surface area contributed by atoms with Gasteiger partial charge in [0, 0.05) is 5.41 Å². The van der Waals surface area contributed by atoms with Crippen molar-refractivity contribution in [2.24, 2.45) is 0 Å². The maximum Gasteiger partial charge on any atom is 0.133 e. The first-order valence-corrected chi connectivity index (χ1v) is 6.23. The summed E-state index contributed by atoms with van der Waals surface area (Å²) in [5, 5.41) is 9.31. The van der Waals surface area contributed by atoms with E-state index in [2.05, 4.69) is 15.9 Å². The van der Waals surface area contributed by atoms with Gasteiger partial charge in [-0.3, -0.25) is 0 Å². The van der Waals surface area contributed by atoms with Gasteiger partial charge in [-0.2, -0.15) is 0 Å². The van der Waals surface area contributed by atoms with Gasteiger partial charge >= 0.3 is 0 Å². The van der Waals surface area contributed by atoms with E-state index in [9.17, 15) is 5.11 Å². The van der Waals surface area contributed by atoms with Crippen LogP contribution in [-0.2, 0) is 5.41 Å². The molecule has 1 aromatic carbocycles. The van der Waals surface area contributed by atoms with Gasteiger partial charge in [0.1, 0.15) is 5.75 Å². The van der Waals surface area contributed by atoms with Crippen LogP contribution in [0, 0.1) is 0 Å². The third-order valence-corrected chi connectivity index (χ3v) is 3.09. The number of aliphatic hydroxyl groups is 1. The van der Waals surface area contributed by atoms with E-state index in [0.29, 0.717) is 0 Å². The van der Waals surface area contributed by atoms with Crippen LogP contribution in [-0.4, -0.2) is 17.8 Å². The van der Waals surface area contributed by atoms with Gasteiger partial charge in [-0.1, -0.05) is 19.9 Å². The molecule has 0 spiro atoms. The van der Waals surface area contributed by atoms with Crippen LogP contribution < -0.4 is 4.74 Å². The first kappa shape index (κ1) is 13.5. The second-order valence-electron chi connectivity index (χ2n) is 4.85. The normalized spacial score (nSPS) is 11.9. The van der Waals surface area contributed by atoms with Crippen LogP contribution in [0.3, 0.4) is 0 Å². The summed E-state index contributed by atoms with van der Waals surface area (Å²) in [6, 6.07) is 5.95. The van der Waals surface area contributed by atoms with E-state index in [1.807, 2.05) is 45.9 Å². The van der Waals surface area contributed by atoms with Gasteiger partial charge in [-0.15, -0.1) is 0 Å². The summed E-state index contributed by atoms with van der Waals surface area (Å²) in [7, 11) is 0. The summed E-state index contributed by atoms with van der Waals surface area (Å²) >= 11 is 3.49. The van der Waals surface area contributed by atoms with Crippen LogP contribution in [0.1, 0.15) is 33.3 Å². The Morgan fingerprint density at radius 3 is 2.44 bits per heavy atom. The molecule has 0 aliphatic rings. The lowest BCUT2D eigenvalue weighted by Crippen LogP contribution is -2.22. The molecule has 0 heterocycles. The third kappa shape index (κ3) is 3.22. The van der Waals surface area contributed by atoms with Crippen molar-refractivity contribution in [2.45, 2.75) is 39.2 Å². The molecule has 0 atom stereocenters. The van der Waals surface area contributed by atoms with Crippen molar-refractivity contribution >= 4 is 15.9 Å². The molecule has 90 valence electrons. The molecule has 0 aliphatic carbocycles. The predicted octanol–water partition coefficient (Wildman–Crippen LogP) is 3.51. The minimum absolute atomic E-state index is 0.129. The lowest BCUT2D eigenvalue weighted by atomic mass is 9.86. The minimum atomic E-state index is -0.223. The number of rotatable bonds is 4. The third-order valence-electron chi connectivity index (χ3n) is 2.47. The molecule has 0 fully saturated rings. The lowest BCUT2D eigenvalue weighted by Gasteiger charge is -2.23. The Kier molecular flexibility index (Phi) is 4.39. The maximum atomic E-state index is 9.31. The standard InChI is InChI=1S/C13H19BrO2/c1-9(2)16-12-6-5-10(7-11(12)14)13(3,4)8-15/h5-7,9,15H,8H2,1-4H3. The molecule has 0 saturated heterocycles. The Bertz CT molecular complexity index is 359. The second-order valence-corrected chi connectivity index (χ2v) is 5.71. The SMILES string of the molecule is CC(C)Oc1ccc(C(C)(C)CO)cc1Br. The molecule has 1 aromatic rings. The molecule has 0 aliphatic heterocycles. The average Bonchev–Trinajstić information content (AvgIpc) is 2.20. The van der Waals surface area contributed by atoms with E-state index in [4.69, 9.17) is 4.74 Å². The lowest BCUT2D eigenvalue weighted by molar-refractivity contribution is 0.217. The summed E-state index contributed by atoms with van der Waals surface area (Å²) in [6.45, 7) is 8.15. The number of aliphatic hydroxyl groups excluding tert-OH is 1. The van der Waals surface area contributed by atoms with E-state index in [-0.39, 0.29) is 18.1 Å². The van der Waals surface area contributed by atoms with Crippen molar-refractivity contribution in [3.63, 3.8) is 0 Å². The average molecular weight is 287 g/mol. The first-order valence-electron chi connectivity index (χ1n) is 5.44. The largest absolute Gasteiger partial charge is 0.490 e. The fourth-order valence-electron chi connectivity index (χ4n) is 1.36. The predicted molar refractivity (Wildman–Crippen MR) is 70.0 cm³/mol. The van der Waals surface area contributed by atoms with Crippen LogP contribution in [0.15, 0.2) is 22.7 Å². The van der Waals surface area contributed by atoms with Gasteiger partial charge < -0.3 is 9.84 Å². The molecule has 0 radical (unpaired) electrons.